The Morgan fingerprint density at radius 3 is 2.59 bits per heavy atom. The van der Waals surface area contributed by atoms with Gasteiger partial charge in [0, 0.05) is 26.6 Å². The van der Waals surface area contributed by atoms with Gasteiger partial charge in [0.05, 0.1) is 6.54 Å². The standard InChI is InChI=1S/C20H25N5O4/c1-3-4-10-24-11-12-25(20(28)19(24)27)17(15-8-6-5-7-9-15)18(26)21-13-16-23-22-14(2)29-16/h5-9,17H,3-4,10-13H2,1-2H3,(H,21,26)/t17-/m1/s1. The van der Waals surface area contributed by atoms with E-state index in [2.05, 4.69) is 15.5 Å². The molecule has 2 heterocycles. The lowest BCUT2D eigenvalue weighted by atomic mass is 10.0. The van der Waals surface area contributed by atoms with Crippen molar-refractivity contribution in [2.75, 3.05) is 19.6 Å². The van der Waals surface area contributed by atoms with Crippen molar-refractivity contribution in [1.29, 1.82) is 0 Å². The van der Waals surface area contributed by atoms with Crippen molar-refractivity contribution in [3.63, 3.8) is 0 Å². The lowest BCUT2D eigenvalue weighted by Crippen LogP contribution is -2.57. The Kier molecular flexibility index (Phi) is 6.58. The van der Waals surface area contributed by atoms with Crippen LogP contribution < -0.4 is 5.32 Å². The minimum absolute atomic E-state index is 0.0433. The third-order valence-corrected chi connectivity index (χ3v) is 4.78. The zero-order valence-electron chi connectivity index (χ0n) is 16.6. The van der Waals surface area contributed by atoms with Gasteiger partial charge in [0.1, 0.15) is 6.04 Å². The highest BCUT2D eigenvalue weighted by molar-refractivity contribution is 6.35. The highest BCUT2D eigenvalue weighted by Gasteiger charge is 2.39. The number of carbonyl (C=O) groups excluding carboxylic acids is 3. The Balaban J connectivity index is 1.78. The third-order valence-electron chi connectivity index (χ3n) is 4.78. The molecule has 1 atom stereocenters. The topological polar surface area (TPSA) is 109 Å². The molecular formula is C20H25N5O4. The first kappa shape index (κ1) is 20.5. The van der Waals surface area contributed by atoms with Gasteiger partial charge in [-0.1, -0.05) is 43.7 Å². The van der Waals surface area contributed by atoms with Crippen molar-refractivity contribution in [1.82, 2.24) is 25.3 Å². The Bertz CT molecular complexity index is 867. The predicted octanol–water partition coefficient (Wildman–Crippen LogP) is 1.21. The molecule has 1 aliphatic heterocycles. The smallest absolute Gasteiger partial charge is 0.313 e. The molecule has 3 rings (SSSR count). The molecule has 0 aliphatic carbocycles. The van der Waals surface area contributed by atoms with Crippen LogP contribution in [0.4, 0.5) is 0 Å². The molecule has 29 heavy (non-hydrogen) atoms. The molecule has 2 aromatic rings. The number of aryl methyl sites for hydroxylation is 1. The number of unbranched alkanes of at least 4 members (excludes halogenated alkanes) is 1. The predicted molar refractivity (Wildman–Crippen MR) is 103 cm³/mol. The van der Waals surface area contributed by atoms with Crippen LogP contribution >= 0.6 is 0 Å². The van der Waals surface area contributed by atoms with Gasteiger partial charge in [0.2, 0.25) is 17.7 Å². The van der Waals surface area contributed by atoms with Gasteiger partial charge in [0.15, 0.2) is 0 Å². The van der Waals surface area contributed by atoms with Crippen LogP contribution in [0.25, 0.3) is 0 Å². The summed E-state index contributed by atoms with van der Waals surface area (Å²) < 4.78 is 5.28. The van der Waals surface area contributed by atoms with Crippen molar-refractivity contribution in [3.8, 4) is 0 Å². The zero-order valence-corrected chi connectivity index (χ0v) is 16.6. The molecule has 0 bridgehead atoms. The van der Waals surface area contributed by atoms with Crippen LogP contribution in [0.2, 0.25) is 0 Å². The lowest BCUT2D eigenvalue weighted by molar-refractivity contribution is -0.159. The van der Waals surface area contributed by atoms with Crippen molar-refractivity contribution in [2.24, 2.45) is 0 Å². The van der Waals surface area contributed by atoms with Crippen molar-refractivity contribution in [3.05, 3.63) is 47.7 Å². The fourth-order valence-corrected chi connectivity index (χ4v) is 3.27. The van der Waals surface area contributed by atoms with Gasteiger partial charge >= 0.3 is 11.8 Å². The maximum absolute atomic E-state index is 13.0. The highest BCUT2D eigenvalue weighted by atomic mass is 16.4. The molecular weight excluding hydrogens is 374 g/mol. The largest absolute Gasteiger partial charge is 0.424 e. The second-order valence-electron chi connectivity index (χ2n) is 6.89. The average Bonchev–Trinajstić information content (AvgIpc) is 3.15. The molecule has 1 aromatic carbocycles. The van der Waals surface area contributed by atoms with Crippen LogP contribution in [0.5, 0.6) is 0 Å². The van der Waals surface area contributed by atoms with Crippen molar-refractivity contribution < 1.29 is 18.8 Å². The fourth-order valence-electron chi connectivity index (χ4n) is 3.27. The summed E-state index contributed by atoms with van der Waals surface area (Å²) in [4.78, 5) is 41.3. The van der Waals surface area contributed by atoms with Crippen molar-refractivity contribution >= 4 is 17.7 Å². The molecule has 9 heteroatoms. The summed E-state index contributed by atoms with van der Waals surface area (Å²) >= 11 is 0. The molecule has 154 valence electrons. The van der Waals surface area contributed by atoms with Crippen LogP contribution in [0, 0.1) is 6.92 Å². The zero-order chi connectivity index (χ0) is 20.8. The van der Waals surface area contributed by atoms with E-state index in [4.69, 9.17) is 4.42 Å². The van der Waals surface area contributed by atoms with E-state index in [9.17, 15) is 14.4 Å². The number of rotatable bonds is 8. The highest BCUT2D eigenvalue weighted by Crippen LogP contribution is 2.24. The van der Waals surface area contributed by atoms with E-state index in [1.165, 1.54) is 4.90 Å². The number of hydrogen-bond acceptors (Lipinski definition) is 6. The summed E-state index contributed by atoms with van der Waals surface area (Å²) in [7, 11) is 0. The van der Waals surface area contributed by atoms with Gasteiger partial charge in [-0.3, -0.25) is 14.4 Å². The normalized spacial score (nSPS) is 15.5. The Morgan fingerprint density at radius 2 is 1.93 bits per heavy atom. The SMILES string of the molecule is CCCCN1CCN([C@@H](C(=O)NCc2nnc(C)o2)c2ccccc2)C(=O)C1=O. The molecule has 1 N–H and O–H groups in total. The average molecular weight is 399 g/mol. The van der Waals surface area contributed by atoms with E-state index in [0.29, 0.717) is 31.1 Å². The minimum Gasteiger partial charge on any atom is -0.424 e. The van der Waals surface area contributed by atoms with Crippen LogP contribution in [-0.4, -0.2) is 57.4 Å². The van der Waals surface area contributed by atoms with E-state index in [1.54, 1.807) is 36.1 Å². The number of carbonyl (C=O) groups is 3. The van der Waals surface area contributed by atoms with E-state index < -0.39 is 23.8 Å². The van der Waals surface area contributed by atoms with Gasteiger partial charge in [-0.15, -0.1) is 10.2 Å². The molecule has 1 aliphatic rings. The number of amides is 3. The minimum atomic E-state index is -0.912. The van der Waals surface area contributed by atoms with Gasteiger partial charge in [0.25, 0.3) is 0 Å². The second kappa shape index (κ2) is 9.31. The summed E-state index contributed by atoms with van der Waals surface area (Å²) in [5.74, 6) is -0.960. The Labute approximate surface area is 169 Å². The first-order valence-electron chi connectivity index (χ1n) is 9.72. The molecule has 0 spiro atoms. The van der Waals surface area contributed by atoms with Crippen LogP contribution in [0.1, 0.15) is 43.2 Å². The molecule has 3 amide bonds. The number of hydrogen-bond donors (Lipinski definition) is 1. The number of nitrogens with one attached hydrogen (secondary N) is 1. The summed E-state index contributed by atoms with van der Waals surface area (Å²) in [5.41, 5.74) is 0.634. The van der Waals surface area contributed by atoms with Gasteiger partial charge in [-0.25, -0.2) is 0 Å². The van der Waals surface area contributed by atoms with E-state index in [1.807, 2.05) is 13.0 Å². The maximum atomic E-state index is 13.0. The molecule has 0 unspecified atom stereocenters. The van der Waals surface area contributed by atoms with Crippen LogP contribution in [0.15, 0.2) is 34.7 Å². The molecule has 1 fully saturated rings. The van der Waals surface area contributed by atoms with Crippen LogP contribution in [0.3, 0.4) is 0 Å². The summed E-state index contributed by atoms with van der Waals surface area (Å²) in [5, 5.41) is 10.3. The quantitative estimate of drug-likeness (QED) is 0.669. The van der Waals surface area contributed by atoms with E-state index >= 15 is 0 Å². The van der Waals surface area contributed by atoms with Crippen LogP contribution in [-0.2, 0) is 20.9 Å². The first-order chi connectivity index (χ1) is 14.0. The van der Waals surface area contributed by atoms with Crippen molar-refractivity contribution in [2.45, 2.75) is 39.3 Å². The summed E-state index contributed by atoms with van der Waals surface area (Å²) in [6.45, 7) is 4.98. The maximum Gasteiger partial charge on any atom is 0.313 e. The van der Waals surface area contributed by atoms with Gasteiger partial charge < -0.3 is 19.5 Å². The summed E-state index contributed by atoms with van der Waals surface area (Å²) in [6, 6.07) is 8.03. The Hall–Kier alpha value is -3.23. The van der Waals surface area contributed by atoms with E-state index in [-0.39, 0.29) is 12.4 Å². The molecule has 1 saturated heterocycles. The summed E-state index contributed by atoms with van der Waals surface area (Å²) in [6.07, 6.45) is 1.77. The van der Waals surface area contributed by atoms with E-state index in [0.717, 1.165) is 12.8 Å². The number of piperazine rings is 1. The second-order valence-corrected chi connectivity index (χ2v) is 6.89. The number of aromatic nitrogens is 2. The Morgan fingerprint density at radius 1 is 1.17 bits per heavy atom. The van der Waals surface area contributed by atoms with Gasteiger partial charge in [-0.05, 0) is 12.0 Å². The number of benzene rings is 1. The fraction of sp³-hybridized carbons (Fsp3) is 0.450. The molecule has 9 nitrogen and oxygen atoms in total. The number of nitrogens with zero attached hydrogens (tertiary/aromatic N) is 4. The molecule has 0 saturated carbocycles. The molecule has 0 radical (unpaired) electrons. The monoisotopic (exact) mass is 399 g/mol. The third kappa shape index (κ3) is 4.79. The first-order valence-corrected chi connectivity index (χ1v) is 9.72. The molecule has 1 aromatic heterocycles. The van der Waals surface area contributed by atoms with Gasteiger partial charge in [-0.2, -0.15) is 0 Å². The lowest BCUT2D eigenvalue weighted by Gasteiger charge is -2.37.